The van der Waals surface area contributed by atoms with Gasteiger partial charge in [0.25, 0.3) is 0 Å². The Morgan fingerprint density at radius 3 is 2.58 bits per heavy atom. The third kappa shape index (κ3) is 2.22. The average molecular weight is 269 g/mol. The maximum atomic E-state index is 13.6. The smallest absolute Gasteiger partial charge is 0.246 e. The van der Waals surface area contributed by atoms with E-state index in [4.69, 9.17) is 4.42 Å². The zero-order chi connectivity index (χ0) is 14.2. The third-order valence-electron chi connectivity index (χ3n) is 2.34. The Kier molecular flexibility index (Phi) is 3.12. The molecule has 0 spiro atoms. The molecular formula is C12H9F2NO4. The number of furan rings is 1. The highest BCUT2D eigenvalue weighted by Gasteiger charge is 2.24. The minimum atomic E-state index is -1.24. The van der Waals surface area contributed by atoms with E-state index in [1.807, 2.05) is 0 Å². The fourth-order valence-electron chi connectivity index (χ4n) is 1.52. The first-order valence-electron chi connectivity index (χ1n) is 5.18. The molecule has 1 amide bonds. The second kappa shape index (κ2) is 4.60. The Balaban J connectivity index is 2.57. The summed E-state index contributed by atoms with van der Waals surface area (Å²) < 4.78 is 31.6. The van der Waals surface area contributed by atoms with E-state index in [1.54, 1.807) is 0 Å². The minimum absolute atomic E-state index is 0.371. The number of hydrogen-bond donors (Lipinski definition) is 3. The second-order valence-electron chi connectivity index (χ2n) is 3.74. The quantitative estimate of drug-likeness (QED) is 0.782. The van der Waals surface area contributed by atoms with Crippen molar-refractivity contribution in [3.05, 3.63) is 29.8 Å². The number of anilines is 1. The molecule has 0 aliphatic rings. The zero-order valence-corrected chi connectivity index (χ0v) is 9.70. The van der Waals surface area contributed by atoms with Crippen molar-refractivity contribution in [1.29, 1.82) is 0 Å². The van der Waals surface area contributed by atoms with Gasteiger partial charge in [-0.05, 0) is 12.1 Å². The van der Waals surface area contributed by atoms with Gasteiger partial charge in [-0.3, -0.25) is 10.1 Å². The Labute approximate surface area is 106 Å². The van der Waals surface area contributed by atoms with Crippen LogP contribution in [-0.4, -0.2) is 16.1 Å². The number of aromatic hydroxyl groups is 2. The van der Waals surface area contributed by atoms with Crippen LogP contribution in [0.4, 0.5) is 14.7 Å². The number of carbonyl (C=O) groups is 1. The summed E-state index contributed by atoms with van der Waals surface area (Å²) >= 11 is 0. The summed E-state index contributed by atoms with van der Waals surface area (Å²) in [5, 5.41) is 21.2. The van der Waals surface area contributed by atoms with Crippen molar-refractivity contribution in [2.75, 3.05) is 5.32 Å². The lowest BCUT2D eigenvalue weighted by Crippen LogP contribution is -2.04. The standard InChI is InChI=1S/C12H9F2NO4/c1-5(16)15-12-10(18)9(17)11(19-12)6-3-2-4-7(13)8(6)14/h2-4,17-18H,1H3,(H,15,16). The summed E-state index contributed by atoms with van der Waals surface area (Å²) in [5.74, 6) is -5.38. The van der Waals surface area contributed by atoms with Crippen molar-refractivity contribution in [3.8, 4) is 22.8 Å². The van der Waals surface area contributed by atoms with Gasteiger partial charge in [0.05, 0.1) is 5.56 Å². The highest BCUT2D eigenvalue weighted by molar-refractivity contribution is 5.90. The van der Waals surface area contributed by atoms with Crippen LogP contribution in [0.15, 0.2) is 22.6 Å². The predicted molar refractivity (Wildman–Crippen MR) is 61.7 cm³/mol. The van der Waals surface area contributed by atoms with E-state index >= 15 is 0 Å². The number of benzene rings is 1. The van der Waals surface area contributed by atoms with Crippen molar-refractivity contribution >= 4 is 11.8 Å². The van der Waals surface area contributed by atoms with E-state index in [9.17, 15) is 23.8 Å². The SMILES string of the molecule is CC(=O)Nc1oc(-c2cccc(F)c2F)c(O)c1O. The average Bonchev–Trinajstić information content (AvgIpc) is 2.61. The third-order valence-corrected chi connectivity index (χ3v) is 2.34. The molecule has 0 bridgehead atoms. The van der Waals surface area contributed by atoms with Gasteiger partial charge in [-0.2, -0.15) is 0 Å². The molecule has 0 unspecified atom stereocenters. The number of rotatable bonds is 2. The molecule has 0 fully saturated rings. The predicted octanol–water partition coefficient (Wildman–Crippen LogP) is 2.59. The minimum Gasteiger partial charge on any atom is -0.502 e. The van der Waals surface area contributed by atoms with Gasteiger partial charge in [0.15, 0.2) is 17.4 Å². The Morgan fingerprint density at radius 1 is 1.26 bits per heavy atom. The summed E-state index contributed by atoms with van der Waals surface area (Å²) in [4.78, 5) is 10.8. The van der Waals surface area contributed by atoms with Crippen molar-refractivity contribution < 1.29 is 28.2 Å². The van der Waals surface area contributed by atoms with Crippen molar-refractivity contribution in [2.24, 2.45) is 0 Å². The van der Waals surface area contributed by atoms with Gasteiger partial charge < -0.3 is 14.6 Å². The summed E-state index contributed by atoms with van der Waals surface area (Å²) in [5.41, 5.74) is -0.371. The highest BCUT2D eigenvalue weighted by Crippen LogP contribution is 2.45. The first-order chi connectivity index (χ1) is 8.91. The molecule has 1 heterocycles. The van der Waals surface area contributed by atoms with Crippen LogP contribution in [0, 0.1) is 11.6 Å². The summed E-state index contributed by atoms with van der Waals surface area (Å²) in [6, 6.07) is 3.27. The van der Waals surface area contributed by atoms with Crippen LogP contribution in [0.3, 0.4) is 0 Å². The molecule has 19 heavy (non-hydrogen) atoms. The highest BCUT2D eigenvalue weighted by atomic mass is 19.2. The Hall–Kier alpha value is -2.57. The Morgan fingerprint density at radius 2 is 1.95 bits per heavy atom. The maximum absolute atomic E-state index is 13.6. The van der Waals surface area contributed by atoms with Crippen molar-refractivity contribution in [3.63, 3.8) is 0 Å². The summed E-state index contributed by atoms with van der Waals surface area (Å²) in [6.07, 6.45) is 0. The number of halogens is 2. The molecule has 2 rings (SSSR count). The topological polar surface area (TPSA) is 82.7 Å². The molecule has 0 aliphatic heterocycles. The lowest BCUT2D eigenvalue weighted by Gasteiger charge is -2.00. The van der Waals surface area contributed by atoms with Crippen LogP contribution in [0.25, 0.3) is 11.3 Å². The summed E-state index contributed by atoms with van der Waals surface area (Å²) in [7, 11) is 0. The largest absolute Gasteiger partial charge is 0.502 e. The van der Waals surface area contributed by atoms with Gasteiger partial charge in [-0.1, -0.05) is 6.07 Å². The van der Waals surface area contributed by atoms with E-state index in [2.05, 4.69) is 5.32 Å². The fraction of sp³-hybridized carbons (Fsp3) is 0.0833. The van der Waals surface area contributed by atoms with Gasteiger partial charge in [-0.25, -0.2) is 8.78 Å². The molecule has 0 saturated carbocycles. The first-order valence-corrected chi connectivity index (χ1v) is 5.18. The molecule has 0 aliphatic carbocycles. The van der Waals surface area contributed by atoms with Gasteiger partial charge in [0.1, 0.15) is 0 Å². The molecular weight excluding hydrogens is 260 g/mol. The van der Waals surface area contributed by atoms with Gasteiger partial charge in [0, 0.05) is 6.92 Å². The van der Waals surface area contributed by atoms with E-state index in [0.717, 1.165) is 19.1 Å². The number of nitrogens with one attached hydrogen (secondary N) is 1. The van der Waals surface area contributed by atoms with E-state index in [1.165, 1.54) is 6.07 Å². The van der Waals surface area contributed by atoms with Crippen LogP contribution in [0.5, 0.6) is 11.5 Å². The lowest BCUT2D eigenvalue weighted by atomic mass is 10.1. The molecule has 0 atom stereocenters. The Bertz CT molecular complexity index is 651. The molecule has 2 aromatic rings. The number of amides is 1. The summed E-state index contributed by atoms with van der Waals surface area (Å²) in [6.45, 7) is 1.15. The van der Waals surface area contributed by atoms with Crippen LogP contribution in [0.2, 0.25) is 0 Å². The van der Waals surface area contributed by atoms with E-state index < -0.39 is 40.7 Å². The lowest BCUT2D eigenvalue weighted by molar-refractivity contribution is -0.114. The molecule has 7 heteroatoms. The maximum Gasteiger partial charge on any atom is 0.246 e. The van der Waals surface area contributed by atoms with Crippen LogP contribution in [-0.2, 0) is 4.79 Å². The molecule has 1 aromatic heterocycles. The molecule has 3 N–H and O–H groups in total. The van der Waals surface area contributed by atoms with Gasteiger partial charge in [0.2, 0.25) is 23.3 Å². The molecule has 1 aromatic carbocycles. The normalized spacial score (nSPS) is 10.5. The molecule has 5 nitrogen and oxygen atoms in total. The first kappa shape index (κ1) is 12.9. The van der Waals surface area contributed by atoms with Crippen LogP contribution >= 0.6 is 0 Å². The molecule has 0 radical (unpaired) electrons. The van der Waals surface area contributed by atoms with Crippen molar-refractivity contribution in [1.82, 2.24) is 0 Å². The zero-order valence-electron chi connectivity index (χ0n) is 9.70. The van der Waals surface area contributed by atoms with Crippen LogP contribution in [0.1, 0.15) is 6.92 Å². The second-order valence-corrected chi connectivity index (χ2v) is 3.74. The van der Waals surface area contributed by atoms with Crippen LogP contribution < -0.4 is 5.32 Å². The monoisotopic (exact) mass is 269 g/mol. The number of hydrogen-bond acceptors (Lipinski definition) is 4. The van der Waals surface area contributed by atoms with Gasteiger partial charge in [-0.15, -0.1) is 0 Å². The van der Waals surface area contributed by atoms with Crippen molar-refractivity contribution in [2.45, 2.75) is 6.92 Å². The van der Waals surface area contributed by atoms with Gasteiger partial charge >= 0.3 is 0 Å². The molecule has 100 valence electrons. The van der Waals surface area contributed by atoms with E-state index in [0.29, 0.717) is 0 Å². The molecule has 0 saturated heterocycles. The van der Waals surface area contributed by atoms with E-state index in [-0.39, 0.29) is 5.56 Å². The fourth-order valence-corrected chi connectivity index (χ4v) is 1.52. The number of carbonyl (C=O) groups excluding carboxylic acids is 1.